The monoisotopic (exact) mass is 319 g/mol. The second kappa shape index (κ2) is 6.40. The van der Waals surface area contributed by atoms with Gasteiger partial charge in [-0.1, -0.05) is 30.3 Å². The fourth-order valence-electron chi connectivity index (χ4n) is 3.69. The third-order valence-corrected chi connectivity index (χ3v) is 5.30. The predicted octanol–water partition coefficient (Wildman–Crippen LogP) is 4.32. The molecule has 3 heteroatoms. The minimum atomic E-state index is 0.729. The molecule has 0 bridgehead atoms. The van der Waals surface area contributed by atoms with Gasteiger partial charge in [-0.2, -0.15) is 0 Å². The lowest BCUT2D eigenvalue weighted by molar-refractivity contribution is 0.337. The van der Waals surface area contributed by atoms with Crippen LogP contribution in [0.3, 0.4) is 0 Å². The molecule has 3 nitrogen and oxygen atoms in total. The molecule has 124 valence electrons. The van der Waals surface area contributed by atoms with Gasteiger partial charge in [0.05, 0.1) is 11.0 Å². The Labute approximate surface area is 143 Å². The Morgan fingerprint density at radius 1 is 1.04 bits per heavy atom. The molecule has 1 aromatic heterocycles. The van der Waals surface area contributed by atoms with Crippen molar-refractivity contribution >= 4 is 11.0 Å². The van der Waals surface area contributed by atoms with E-state index in [9.17, 15) is 0 Å². The molecule has 1 N–H and O–H groups in total. The highest BCUT2D eigenvalue weighted by molar-refractivity contribution is 5.82. The number of nitrogens with one attached hydrogen (secondary N) is 1. The Morgan fingerprint density at radius 3 is 2.50 bits per heavy atom. The van der Waals surface area contributed by atoms with Crippen LogP contribution < -0.4 is 5.32 Å². The van der Waals surface area contributed by atoms with Gasteiger partial charge in [0.2, 0.25) is 0 Å². The molecular formula is C21H25N3. The van der Waals surface area contributed by atoms with E-state index in [-0.39, 0.29) is 0 Å². The minimum absolute atomic E-state index is 0.729. The van der Waals surface area contributed by atoms with Crippen molar-refractivity contribution in [3.63, 3.8) is 0 Å². The normalized spacial score (nSPS) is 15.9. The van der Waals surface area contributed by atoms with E-state index >= 15 is 0 Å². The maximum absolute atomic E-state index is 5.00. The Hall–Kier alpha value is -2.13. The van der Waals surface area contributed by atoms with E-state index in [2.05, 4.69) is 66.2 Å². The molecular weight excluding hydrogens is 294 g/mol. The number of imidazole rings is 1. The van der Waals surface area contributed by atoms with Crippen LogP contribution in [-0.2, 0) is 6.54 Å². The van der Waals surface area contributed by atoms with E-state index in [4.69, 9.17) is 4.98 Å². The molecule has 1 aliphatic heterocycles. The van der Waals surface area contributed by atoms with Gasteiger partial charge >= 0.3 is 0 Å². The van der Waals surface area contributed by atoms with E-state index < -0.39 is 0 Å². The highest BCUT2D eigenvalue weighted by atomic mass is 15.1. The van der Waals surface area contributed by atoms with Gasteiger partial charge in [0.1, 0.15) is 5.82 Å². The van der Waals surface area contributed by atoms with Gasteiger partial charge in [0.15, 0.2) is 0 Å². The number of benzene rings is 2. The van der Waals surface area contributed by atoms with E-state index in [0.29, 0.717) is 0 Å². The summed E-state index contributed by atoms with van der Waals surface area (Å²) in [6.07, 6.45) is 2.50. The number of rotatable bonds is 3. The molecule has 0 aliphatic carbocycles. The first-order chi connectivity index (χ1) is 11.7. The molecule has 3 aromatic rings. The van der Waals surface area contributed by atoms with Crippen molar-refractivity contribution < 1.29 is 0 Å². The average molecular weight is 319 g/mol. The average Bonchev–Trinajstić information content (AvgIpc) is 2.95. The van der Waals surface area contributed by atoms with Crippen molar-refractivity contribution in [2.75, 3.05) is 13.1 Å². The first-order valence-electron chi connectivity index (χ1n) is 8.96. The van der Waals surface area contributed by atoms with Crippen LogP contribution >= 0.6 is 0 Å². The molecule has 0 amide bonds. The number of nitrogens with zero attached hydrogens (tertiary/aromatic N) is 2. The maximum Gasteiger partial charge on any atom is 0.141 e. The van der Waals surface area contributed by atoms with Crippen LogP contribution in [0.5, 0.6) is 0 Å². The number of hydrogen-bond donors (Lipinski definition) is 1. The number of hydrogen-bond acceptors (Lipinski definition) is 2. The van der Waals surface area contributed by atoms with Crippen LogP contribution in [-0.4, -0.2) is 22.6 Å². The van der Waals surface area contributed by atoms with Crippen LogP contribution in [0.15, 0.2) is 42.5 Å². The predicted molar refractivity (Wildman–Crippen MR) is 100 cm³/mol. The molecule has 4 rings (SSSR count). The second-order valence-electron chi connectivity index (χ2n) is 7.03. The lowest BCUT2D eigenvalue weighted by atomic mass is 9.98. The second-order valence-corrected chi connectivity index (χ2v) is 7.03. The maximum atomic E-state index is 5.00. The van der Waals surface area contributed by atoms with E-state index in [1.165, 1.54) is 35.0 Å². The van der Waals surface area contributed by atoms with Gasteiger partial charge < -0.3 is 9.88 Å². The van der Waals surface area contributed by atoms with Gasteiger partial charge in [-0.25, -0.2) is 4.98 Å². The molecule has 2 aromatic carbocycles. The molecule has 0 unspecified atom stereocenters. The van der Waals surface area contributed by atoms with Crippen LogP contribution in [0.25, 0.3) is 22.4 Å². The summed E-state index contributed by atoms with van der Waals surface area (Å²) >= 11 is 0. The van der Waals surface area contributed by atoms with E-state index in [1.807, 2.05) is 0 Å². The quantitative estimate of drug-likeness (QED) is 0.779. The van der Waals surface area contributed by atoms with Crippen molar-refractivity contribution in [1.29, 1.82) is 0 Å². The summed E-state index contributed by atoms with van der Waals surface area (Å²) in [6, 6.07) is 15.1. The van der Waals surface area contributed by atoms with E-state index in [0.717, 1.165) is 36.9 Å². The number of aromatic nitrogens is 2. The van der Waals surface area contributed by atoms with E-state index in [1.54, 1.807) is 0 Å². The smallest absolute Gasteiger partial charge is 0.141 e. The van der Waals surface area contributed by atoms with Crippen molar-refractivity contribution in [2.24, 2.45) is 5.92 Å². The highest BCUT2D eigenvalue weighted by Crippen LogP contribution is 2.29. The summed E-state index contributed by atoms with van der Waals surface area (Å²) in [5.74, 6) is 1.84. The third-order valence-electron chi connectivity index (χ3n) is 5.30. The van der Waals surface area contributed by atoms with Gasteiger partial charge in [0, 0.05) is 12.1 Å². The third kappa shape index (κ3) is 2.84. The number of fused-ring (bicyclic) bond motifs is 1. The Balaban J connectivity index is 1.85. The lowest BCUT2D eigenvalue weighted by Crippen LogP contribution is -2.30. The summed E-state index contributed by atoms with van der Waals surface area (Å²) in [7, 11) is 0. The standard InChI is InChI=1S/C21H25N3/c1-15-12-19-20(13-16(15)2)24(14-17-8-10-22-11-9-17)21(23-19)18-6-4-3-5-7-18/h3-7,12-13,17,22H,8-11,14H2,1-2H3. The summed E-state index contributed by atoms with van der Waals surface area (Å²) in [5, 5.41) is 3.47. The molecule has 24 heavy (non-hydrogen) atoms. The summed E-state index contributed by atoms with van der Waals surface area (Å²) in [4.78, 5) is 5.00. The highest BCUT2D eigenvalue weighted by Gasteiger charge is 2.19. The van der Waals surface area contributed by atoms with Gasteiger partial charge in [-0.3, -0.25) is 0 Å². The topological polar surface area (TPSA) is 29.9 Å². The van der Waals surface area contributed by atoms with Crippen molar-refractivity contribution in [3.8, 4) is 11.4 Å². The minimum Gasteiger partial charge on any atom is -0.324 e. The first kappa shape index (κ1) is 15.4. The summed E-state index contributed by atoms with van der Waals surface area (Å²) < 4.78 is 2.45. The SMILES string of the molecule is Cc1cc2nc(-c3ccccc3)n(CC3CCNCC3)c2cc1C. The molecule has 2 heterocycles. The fraction of sp³-hybridized carbons (Fsp3) is 0.381. The molecule has 0 radical (unpaired) electrons. The molecule has 0 spiro atoms. The molecule has 1 aliphatic rings. The largest absolute Gasteiger partial charge is 0.324 e. The van der Waals surface area contributed by atoms with Crippen LogP contribution in [0.2, 0.25) is 0 Å². The zero-order valence-electron chi connectivity index (χ0n) is 14.5. The first-order valence-corrected chi connectivity index (χ1v) is 8.96. The zero-order valence-corrected chi connectivity index (χ0v) is 14.5. The Bertz CT molecular complexity index is 842. The van der Waals surface area contributed by atoms with Crippen LogP contribution in [0, 0.1) is 19.8 Å². The van der Waals surface area contributed by atoms with Crippen molar-refractivity contribution in [2.45, 2.75) is 33.2 Å². The summed E-state index contributed by atoms with van der Waals surface area (Å²) in [6.45, 7) is 7.69. The summed E-state index contributed by atoms with van der Waals surface area (Å²) in [5.41, 5.74) is 6.25. The Kier molecular flexibility index (Phi) is 4.11. The Morgan fingerprint density at radius 2 is 1.75 bits per heavy atom. The number of piperidine rings is 1. The molecule has 1 saturated heterocycles. The lowest BCUT2D eigenvalue weighted by Gasteiger charge is -2.24. The molecule has 1 fully saturated rings. The van der Waals surface area contributed by atoms with Gasteiger partial charge in [-0.15, -0.1) is 0 Å². The van der Waals surface area contributed by atoms with Gasteiger partial charge in [-0.05, 0) is 69.0 Å². The van der Waals surface area contributed by atoms with Crippen molar-refractivity contribution in [3.05, 3.63) is 53.6 Å². The molecule has 0 atom stereocenters. The molecule has 0 saturated carbocycles. The van der Waals surface area contributed by atoms with Crippen LogP contribution in [0.1, 0.15) is 24.0 Å². The van der Waals surface area contributed by atoms with Gasteiger partial charge in [0.25, 0.3) is 0 Å². The number of aryl methyl sites for hydroxylation is 2. The fourth-order valence-corrected chi connectivity index (χ4v) is 3.69. The zero-order chi connectivity index (χ0) is 16.5. The van der Waals surface area contributed by atoms with Crippen molar-refractivity contribution in [1.82, 2.24) is 14.9 Å². The van der Waals surface area contributed by atoms with Crippen LogP contribution in [0.4, 0.5) is 0 Å².